The Hall–Kier alpha value is -11.6. The molecular formula is C73H42N8. The van der Waals surface area contributed by atoms with Crippen LogP contribution < -0.4 is 0 Å². The van der Waals surface area contributed by atoms with Gasteiger partial charge in [-0.2, -0.15) is 15.8 Å². The number of aromatic nitrogens is 5. The third kappa shape index (κ3) is 7.73. The van der Waals surface area contributed by atoms with Crippen LogP contribution in [0.25, 0.3) is 139 Å². The smallest absolute Gasteiger partial charge is 0.160 e. The van der Waals surface area contributed by atoms with E-state index in [-0.39, 0.29) is 0 Å². The van der Waals surface area contributed by atoms with Gasteiger partial charge in [-0.05, 0) is 131 Å². The average Bonchev–Trinajstić information content (AvgIpc) is 4.24. The van der Waals surface area contributed by atoms with Crippen LogP contribution in [0.1, 0.15) is 16.7 Å². The Morgan fingerprint density at radius 2 is 0.679 bits per heavy atom. The van der Waals surface area contributed by atoms with Crippen LogP contribution in [0.5, 0.6) is 0 Å². The van der Waals surface area contributed by atoms with E-state index >= 15 is 0 Å². The van der Waals surface area contributed by atoms with Crippen molar-refractivity contribution in [2.75, 3.05) is 0 Å². The maximum absolute atomic E-state index is 10.6. The summed E-state index contributed by atoms with van der Waals surface area (Å²) in [7, 11) is 0. The molecule has 0 aliphatic heterocycles. The Morgan fingerprint density at radius 3 is 1.21 bits per heavy atom. The molecule has 0 amide bonds. The van der Waals surface area contributed by atoms with Gasteiger partial charge in [0.25, 0.3) is 0 Å². The molecule has 4 heterocycles. The minimum atomic E-state index is 0.532. The van der Waals surface area contributed by atoms with Crippen LogP contribution in [0, 0.1) is 34.0 Å². The molecule has 0 saturated carbocycles. The van der Waals surface area contributed by atoms with Gasteiger partial charge in [0, 0.05) is 66.1 Å². The van der Waals surface area contributed by atoms with Crippen molar-refractivity contribution in [3.63, 3.8) is 0 Å². The Kier molecular flexibility index (Phi) is 10.8. The molecule has 0 aliphatic carbocycles. The number of benzene rings is 11. The number of fused-ring (bicyclic) bond motifs is 9. The van der Waals surface area contributed by atoms with Crippen LogP contribution in [0.4, 0.5) is 0 Å². The summed E-state index contributed by atoms with van der Waals surface area (Å²) < 4.78 is 6.96. The average molecular weight is 1030 g/mol. The van der Waals surface area contributed by atoms with Gasteiger partial charge in [-0.25, -0.2) is 9.97 Å². The van der Waals surface area contributed by atoms with Crippen molar-refractivity contribution in [3.8, 4) is 91.4 Å². The molecule has 11 aromatic carbocycles. The minimum absolute atomic E-state index is 0.532. The van der Waals surface area contributed by atoms with Gasteiger partial charge in [0.1, 0.15) is 0 Å². The number of hydrogen-bond acceptors (Lipinski definition) is 5. The molecule has 0 bridgehead atoms. The van der Waals surface area contributed by atoms with Gasteiger partial charge in [0.05, 0.1) is 79.4 Å². The van der Waals surface area contributed by atoms with E-state index in [0.29, 0.717) is 28.2 Å². The quantitative estimate of drug-likeness (QED) is 0.150. The maximum Gasteiger partial charge on any atom is 0.160 e. The molecule has 8 heteroatoms. The standard InChI is InChI=1S/C73H42N8/c74-43-46-19-33-69-61(37-46)59-15-7-9-17-67(59)80(69)56-30-35-71-63(40-56)64-41-57(81-68-18-10-8-16-60(68)62-38-47(44-75)20-34-70(62)81)31-36-72(64)79(71)55-28-25-49(26-29-55)48-21-23-50(24-22-48)53-27-32-58(54(39-53)45-76)66-42-65(51-11-3-1-4-12-51)77-73(78-66)52-13-5-2-6-14-52/h1-42H. The van der Waals surface area contributed by atoms with Crippen LogP contribution in [-0.2, 0) is 0 Å². The second kappa shape index (κ2) is 18.8. The molecule has 0 atom stereocenters. The first-order chi connectivity index (χ1) is 40.0. The van der Waals surface area contributed by atoms with E-state index in [1.165, 1.54) is 0 Å². The highest BCUT2D eigenvalue weighted by atomic mass is 15.0. The lowest BCUT2D eigenvalue weighted by atomic mass is 9.95. The number of hydrogen-bond donors (Lipinski definition) is 0. The highest BCUT2D eigenvalue weighted by Crippen LogP contribution is 2.41. The molecule has 4 aromatic heterocycles. The first-order valence-electron chi connectivity index (χ1n) is 26.7. The molecule has 0 spiro atoms. The molecule has 374 valence electrons. The van der Waals surface area contributed by atoms with Gasteiger partial charge in [-0.15, -0.1) is 0 Å². The zero-order valence-electron chi connectivity index (χ0n) is 43.3. The molecule has 0 fully saturated rings. The molecule has 0 saturated heterocycles. The summed E-state index contributed by atoms with van der Waals surface area (Å²) in [5.74, 6) is 0.601. The molecule has 81 heavy (non-hydrogen) atoms. The fourth-order valence-electron chi connectivity index (χ4n) is 12.0. The second-order valence-electron chi connectivity index (χ2n) is 20.3. The summed E-state index contributed by atoms with van der Waals surface area (Å²) in [6, 6.07) is 94.5. The van der Waals surface area contributed by atoms with E-state index in [1.54, 1.807) is 0 Å². The normalized spacial score (nSPS) is 11.4. The van der Waals surface area contributed by atoms with Gasteiger partial charge in [-0.3, -0.25) is 0 Å². The Morgan fingerprint density at radius 1 is 0.272 bits per heavy atom. The van der Waals surface area contributed by atoms with Gasteiger partial charge in [0.2, 0.25) is 0 Å². The first kappa shape index (κ1) is 46.7. The zero-order valence-corrected chi connectivity index (χ0v) is 43.3. The molecule has 8 nitrogen and oxygen atoms in total. The predicted octanol–water partition coefficient (Wildman–Crippen LogP) is 17.7. The van der Waals surface area contributed by atoms with Crippen molar-refractivity contribution in [1.29, 1.82) is 15.8 Å². The van der Waals surface area contributed by atoms with Crippen LogP contribution >= 0.6 is 0 Å². The first-order valence-corrected chi connectivity index (χ1v) is 26.7. The second-order valence-corrected chi connectivity index (χ2v) is 20.3. The Balaban J connectivity index is 0.811. The third-order valence-electron chi connectivity index (χ3n) is 15.8. The predicted molar refractivity (Wildman–Crippen MR) is 326 cm³/mol. The fourth-order valence-corrected chi connectivity index (χ4v) is 12.0. The molecule has 0 aliphatic rings. The summed E-state index contributed by atoms with van der Waals surface area (Å²) in [6.07, 6.45) is 0. The van der Waals surface area contributed by atoms with Crippen LogP contribution in [0.2, 0.25) is 0 Å². The topological polar surface area (TPSA) is 112 Å². The van der Waals surface area contributed by atoms with Crippen LogP contribution in [-0.4, -0.2) is 23.7 Å². The fraction of sp³-hybridized carbons (Fsp3) is 0. The summed E-state index contributed by atoms with van der Waals surface area (Å²) in [6.45, 7) is 0. The number of nitriles is 3. The van der Waals surface area contributed by atoms with Crippen molar-refractivity contribution in [3.05, 3.63) is 271 Å². The van der Waals surface area contributed by atoms with Crippen molar-refractivity contribution in [2.24, 2.45) is 0 Å². The minimum Gasteiger partial charge on any atom is -0.309 e. The van der Waals surface area contributed by atoms with Crippen LogP contribution in [0.15, 0.2) is 255 Å². The number of para-hydroxylation sites is 2. The monoisotopic (exact) mass is 1030 g/mol. The molecule has 15 aromatic rings. The molecular weight excluding hydrogens is 989 g/mol. The SMILES string of the molecule is N#Cc1ccc2c(c1)c1ccccc1n2-c1ccc2c(c1)c1cc(-n3c4ccccc4c4cc(C#N)ccc43)ccc1n2-c1ccc(-c2ccc(-c3ccc(-c4cc(-c5ccccc5)nc(-c5ccccc5)n4)c(C#N)c3)cc2)cc1. The maximum atomic E-state index is 10.6. The summed E-state index contributed by atoms with van der Waals surface area (Å²) in [5.41, 5.74) is 19.4. The largest absolute Gasteiger partial charge is 0.309 e. The van der Waals surface area contributed by atoms with E-state index in [4.69, 9.17) is 9.97 Å². The summed E-state index contributed by atoms with van der Waals surface area (Å²) >= 11 is 0. The van der Waals surface area contributed by atoms with E-state index in [9.17, 15) is 15.8 Å². The summed E-state index contributed by atoms with van der Waals surface area (Å²) in [5, 5.41) is 36.8. The van der Waals surface area contributed by atoms with E-state index in [0.717, 1.165) is 127 Å². The number of nitrogens with zero attached hydrogens (tertiary/aromatic N) is 8. The highest BCUT2D eigenvalue weighted by molar-refractivity contribution is 6.14. The zero-order chi connectivity index (χ0) is 54.1. The van der Waals surface area contributed by atoms with Gasteiger partial charge < -0.3 is 13.7 Å². The number of rotatable bonds is 8. The van der Waals surface area contributed by atoms with E-state index in [2.05, 4.69) is 184 Å². The van der Waals surface area contributed by atoms with Gasteiger partial charge in [-0.1, -0.05) is 146 Å². The van der Waals surface area contributed by atoms with Gasteiger partial charge in [0.15, 0.2) is 5.82 Å². The lowest BCUT2D eigenvalue weighted by molar-refractivity contribution is 1.16. The van der Waals surface area contributed by atoms with Crippen LogP contribution in [0.3, 0.4) is 0 Å². The highest BCUT2D eigenvalue weighted by Gasteiger charge is 2.21. The third-order valence-corrected chi connectivity index (χ3v) is 15.8. The lowest BCUT2D eigenvalue weighted by Gasteiger charge is -2.12. The molecule has 0 unspecified atom stereocenters. The van der Waals surface area contributed by atoms with Crippen molar-refractivity contribution in [2.45, 2.75) is 0 Å². The molecule has 15 rings (SSSR count). The summed E-state index contributed by atoms with van der Waals surface area (Å²) in [4.78, 5) is 9.94. The Bertz CT molecular complexity index is 4930. The van der Waals surface area contributed by atoms with Crippen molar-refractivity contribution < 1.29 is 0 Å². The van der Waals surface area contributed by atoms with Gasteiger partial charge >= 0.3 is 0 Å². The lowest BCUT2D eigenvalue weighted by Crippen LogP contribution is -1.97. The van der Waals surface area contributed by atoms with Crippen molar-refractivity contribution >= 4 is 65.4 Å². The Labute approximate surface area is 465 Å². The molecule has 0 radical (unpaired) electrons. The molecule has 0 N–H and O–H groups in total. The van der Waals surface area contributed by atoms with Crippen molar-refractivity contribution in [1.82, 2.24) is 23.7 Å². The van der Waals surface area contributed by atoms with E-state index < -0.39 is 0 Å². The van der Waals surface area contributed by atoms with E-state index in [1.807, 2.05) is 103 Å².